The standard InChI is InChI=1S/C17H16F2N2/c1-2-5-16(13-9-8-12(18)10-14(13)19)21-11-20-15-6-3-4-7-17(15)21/h3-4,6-11,16H,2,5H2,1H3. The lowest BCUT2D eigenvalue weighted by molar-refractivity contribution is 0.499. The molecule has 4 heteroatoms. The maximum atomic E-state index is 14.1. The molecule has 2 nitrogen and oxygen atoms in total. The average Bonchev–Trinajstić information content (AvgIpc) is 2.89. The van der Waals surface area contributed by atoms with Crippen LogP contribution in [-0.2, 0) is 0 Å². The lowest BCUT2D eigenvalue weighted by Gasteiger charge is -2.20. The highest BCUT2D eigenvalue weighted by atomic mass is 19.1. The quantitative estimate of drug-likeness (QED) is 0.679. The minimum atomic E-state index is -0.554. The van der Waals surface area contributed by atoms with Crippen molar-refractivity contribution < 1.29 is 8.78 Å². The van der Waals surface area contributed by atoms with Crippen molar-refractivity contribution >= 4 is 11.0 Å². The van der Waals surface area contributed by atoms with E-state index in [1.165, 1.54) is 12.1 Å². The van der Waals surface area contributed by atoms with Gasteiger partial charge in [-0.3, -0.25) is 0 Å². The number of nitrogens with zero attached hydrogens (tertiary/aromatic N) is 2. The molecule has 0 saturated heterocycles. The maximum absolute atomic E-state index is 14.1. The highest BCUT2D eigenvalue weighted by Gasteiger charge is 2.19. The van der Waals surface area contributed by atoms with Crippen LogP contribution in [-0.4, -0.2) is 9.55 Å². The first-order chi connectivity index (χ1) is 10.2. The summed E-state index contributed by atoms with van der Waals surface area (Å²) < 4.78 is 29.2. The van der Waals surface area contributed by atoms with Gasteiger partial charge in [0.05, 0.1) is 23.4 Å². The molecule has 21 heavy (non-hydrogen) atoms. The zero-order chi connectivity index (χ0) is 14.8. The topological polar surface area (TPSA) is 17.8 Å². The second kappa shape index (κ2) is 5.64. The Balaban J connectivity index is 2.13. The van der Waals surface area contributed by atoms with Gasteiger partial charge in [0.15, 0.2) is 0 Å². The lowest BCUT2D eigenvalue weighted by Crippen LogP contribution is -2.11. The number of hydrogen-bond donors (Lipinski definition) is 0. The number of aromatic nitrogens is 2. The molecular weight excluding hydrogens is 270 g/mol. The molecule has 108 valence electrons. The van der Waals surface area contributed by atoms with E-state index in [0.717, 1.165) is 29.9 Å². The molecule has 1 atom stereocenters. The Labute approximate surface area is 122 Å². The fourth-order valence-electron chi connectivity index (χ4n) is 2.72. The molecule has 1 aromatic heterocycles. The molecule has 0 saturated carbocycles. The van der Waals surface area contributed by atoms with Gasteiger partial charge in [-0.2, -0.15) is 0 Å². The molecule has 1 heterocycles. The van der Waals surface area contributed by atoms with Crippen molar-refractivity contribution in [1.82, 2.24) is 9.55 Å². The molecule has 0 spiro atoms. The van der Waals surface area contributed by atoms with Gasteiger partial charge in [0, 0.05) is 11.6 Å². The number of benzene rings is 2. The molecule has 0 amide bonds. The molecule has 0 aliphatic carbocycles. The van der Waals surface area contributed by atoms with Crippen LogP contribution in [0.4, 0.5) is 8.78 Å². The van der Waals surface area contributed by atoms with Crippen LogP contribution in [0.5, 0.6) is 0 Å². The van der Waals surface area contributed by atoms with Gasteiger partial charge in [0.25, 0.3) is 0 Å². The zero-order valence-corrected chi connectivity index (χ0v) is 11.8. The molecule has 0 fully saturated rings. The van der Waals surface area contributed by atoms with E-state index in [-0.39, 0.29) is 6.04 Å². The van der Waals surface area contributed by atoms with Gasteiger partial charge in [-0.1, -0.05) is 31.5 Å². The highest BCUT2D eigenvalue weighted by molar-refractivity contribution is 5.75. The lowest BCUT2D eigenvalue weighted by atomic mass is 10.0. The van der Waals surface area contributed by atoms with E-state index < -0.39 is 11.6 Å². The monoisotopic (exact) mass is 286 g/mol. The van der Waals surface area contributed by atoms with E-state index >= 15 is 0 Å². The fourth-order valence-corrected chi connectivity index (χ4v) is 2.72. The van der Waals surface area contributed by atoms with E-state index in [0.29, 0.717) is 5.56 Å². The number of para-hydroxylation sites is 2. The summed E-state index contributed by atoms with van der Waals surface area (Å²) in [5, 5.41) is 0. The minimum Gasteiger partial charge on any atom is -0.323 e. The van der Waals surface area contributed by atoms with E-state index in [9.17, 15) is 8.78 Å². The van der Waals surface area contributed by atoms with Gasteiger partial charge in [-0.25, -0.2) is 13.8 Å². The first-order valence-corrected chi connectivity index (χ1v) is 7.07. The van der Waals surface area contributed by atoms with Gasteiger partial charge in [0.1, 0.15) is 11.6 Å². The van der Waals surface area contributed by atoms with E-state index in [1.54, 1.807) is 6.33 Å². The second-order valence-corrected chi connectivity index (χ2v) is 5.11. The predicted octanol–water partition coefficient (Wildman–Crippen LogP) is 4.70. The number of rotatable bonds is 4. The van der Waals surface area contributed by atoms with Crippen LogP contribution in [0.2, 0.25) is 0 Å². The summed E-state index contributed by atoms with van der Waals surface area (Å²) in [4.78, 5) is 4.36. The predicted molar refractivity (Wildman–Crippen MR) is 79.1 cm³/mol. The normalized spacial score (nSPS) is 12.7. The number of fused-ring (bicyclic) bond motifs is 1. The number of imidazole rings is 1. The van der Waals surface area contributed by atoms with Crippen LogP contribution < -0.4 is 0 Å². The third-order valence-electron chi connectivity index (χ3n) is 3.70. The molecule has 0 radical (unpaired) electrons. The van der Waals surface area contributed by atoms with Crippen LogP contribution in [0, 0.1) is 11.6 Å². The molecule has 1 unspecified atom stereocenters. The zero-order valence-electron chi connectivity index (χ0n) is 11.8. The number of halogens is 2. The average molecular weight is 286 g/mol. The van der Waals surface area contributed by atoms with Gasteiger partial charge in [-0.15, -0.1) is 0 Å². The van der Waals surface area contributed by atoms with Gasteiger partial charge in [-0.05, 0) is 24.6 Å². The van der Waals surface area contributed by atoms with Crippen LogP contribution in [0.1, 0.15) is 31.4 Å². The van der Waals surface area contributed by atoms with Gasteiger partial charge >= 0.3 is 0 Å². The Morgan fingerprint density at radius 3 is 2.71 bits per heavy atom. The van der Waals surface area contributed by atoms with E-state index in [2.05, 4.69) is 4.98 Å². The SMILES string of the molecule is CCCC(c1ccc(F)cc1F)n1cnc2ccccc21. The Morgan fingerprint density at radius 2 is 1.95 bits per heavy atom. The summed E-state index contributed by atoms with van der Waals surface area (Å²) in [6, 6.07) is 11.3. The summed E-state index contributed by atoms with van der Waals surface area (Å²) in [6.45, 7) is 2.05. The molecule has 0 aliphatic heterocycles. The van der Waals surface area contributed by atoms with Crippen LogP contribution in [0.25, 0.3) is 11.0 Å². The summed E-state index contributed by atoms with van der Waals surface area (Å²) in [6.07, 6.45) is 3.39. The number of hydrogen-bond acceptors (Lipinski definition) is 1. The maximum Gasteiger partial charge on any atom is 0.131 e. The first-order valence-electron chi connectivity index (χ1n) is 7.07. The third kappa shape index (κ3) is 2.53. The summed E-state index contributed by atoms with van der Waals surface area (Å²) in [5.74, 6) is -1.06. The highest BCUT2D eigenvalue weighted by Crippen LogP contribution is 2.29. The van der Waals surface area contributed by atoms with Crippen LogP contribution >= 0.6 is 0 Å². The van der Waals surface area contributed by atoms with Crippen molar-refractivity contribution in [3.63, 3.8) is 0 Å². The smallest absolute Gasteiger partial charge is 0.131 e. The Morgan fingerprint density at radius 1 is 1.14 bits per heavy atom. The van der Waals surface area contributed by atoms with Crippen molar-refractivity contribution in [2.24, 2.45) is 0 Å². The Bertz CT molecular complexity index is 764. The Hall–Kier alpha value is -2.23. The van der Waals surface area contributed by atoms with E-state index in [4.69, 9.17) is 0 Å². The van der Waals surface area contributed by atoms with Crippen LogP contribution in [0.15, 0.2) is 48.8 Å². The van der Waals surface area contributed by atoms with Crippen molar-refractivity contribution in [3.05, 3.63) is 66.0 Å². The van der Waals surface area contributed by atoms with Crippen molar-refractivity contribution in [2.45, 2.75) is 25.8 Å². The van der Waals surface area contributed by atoms with Gasteiger partial charge < -0.3 is 4.57 Å². The van der Waals surface area contributed by atoms with Crippen LogP contribution in [0.3, 0.4) is 0 Å². The summed E-state index contributed by atoms with van der Waals surface area (Å²) in [5.41, 5.74) is 2.34. The molecule has 0 bridgehead atoms. The molecule has 3 rings (SSSR count). The summed E-state index contributed by atoms with van der Waals surface area (Å²) >= 11 is 0. The Kier molecular flexibility index (Phi) is 3.69. The molecule has 2 aromatic carbocycles. The molecular formula is C17H16F2N2. The fraction of sp³-hybridized carbons (Fsp3) is 0.235. The summed E-state index contributed by atoms with van der Waals surface area (Å²) in [7, 11) is 0. The minimum absolute atomic E-state index is 0.178. The van der Waals surface area contributed by atoms with Crippen molar-refractivity contribution in [2.75, 3.05) is 0 Å². The van der Waals surface area contributed by atoms with Gasteiger partial charge in [0.2, 0.25) is 0 Å². The molecule has 0 N–H and O–H groups in total. The molecule has 3 aromatic rings. The largest absolute Gasteiger partial charge is 0.323 e. The second-order valence-electron chi connectivity index (χ2n) is 5.11. The van der Waals surface area contributed by atoms with E-state index in [1.807, 2.05) is 35.8 Å². The molecule has 0 aliphatic rings. The van der Waals surface area contributed by atoms with Crippen molar-refractivity contribution in [3.8, 4) is 0 Å². The first kappa shape index (κ1) is 13.7. The third-order valence-corrected chi connectivity index (χ3v) is 3.70. The van der Waals surface area contributed by atoms with Crippen molar-refractivity contribution in [1.29, 1.82) is 0 Å².